The highest BCUT2D eigenvalue weighted by Gasteiger charge is 2.34. The Hall–Kier alpha value is -4.90. The molecule has 10 nitrogen and oxygen atoms in total. The van der Waals surface area contributed by atoms with Crippen LogP contribution in [0.3, 0.4) is 0 Å². The molecule has 2 aliphatic rings. The van der Waals surface area contributed by atoms with Gasteiger partial charge >= 0.3 is 11.9 Å². The zero-order valence-electron chi connectivity index (χ0n) is 22.3. The second-order valence-electron chi connectivity index (χ2n) is 9.45. The van der Waals surface area contributed by atoms with Crippen molar-refractivity contribution >= 4 is 29.4 Å². The maximum atomic E-state index is 13.9. The van der Waals surface area contributed by atoms with E-state index < -0.39 is 18.0 Å². The lowest BCUT2D eigenvalue weighted by Crippen LogP contribution is -2.39. The molecule has 1 atom stereocenters. The zero-order valence-corrected chi connectivity index (χ0v) is 23.1. The average molecular weight is 573 g/mol. The van der Waals surface area contributed by atoms with Gasteiger partial charge in [0.25, 0.3) is 5.56 Å². The SMILES string of the molecule is CCOC(=O)C1=C(C)N=c2s/c(=C\c3ccc(-c4ccc(C(=O)O)cc4C)o3)c(=O)n2[C@@H]1c1ccc2c(c1)OCO2. The highest BCUT2D eigenvalue weighted by Crippen LogP contribution is 2.38. The number of fused-ring (bicyclic) bond motifs is 2. The monoisotopic (exact) mass is 572 g/mol. The van der Waals surface area contributed by atoms with E-state index in [0.717, 1.165) is 11.1 Å². The molecule has 0 fully saturated rings. The summed E-state index contributed by atoms with van der Waals surface area (Å²) in [6, 6.07) is 12.8. The van der Waals surface area contributed by atoms with Crippen molar-refractivity contribution in [2.75, 3.05) is 13.4 Å². The number of aromatic nitrogens is 1. The lowest BCUT2D eigenvalue weighted by atomic mass is 9.95. The number of carboxylic acids is 1. The van der Waals surface area contributed by atoms with Crippen LogP contribution in [0.2, 0.25) is 0 Å². The lowest BCUT2D eigenvalue weighted by molar-refractivity contribution is -0.139. The molecule has 2 aromatic carbocycles. The number of hydrogen-bond donors (Lipinski definition) is 1. The summed E-state index contributed by atoms with van der Waals surface area (Å²) in [7, 11) is 0. The summed E-state index contributed by atoms with van der Waals surface area (Å²) in [6.45, 7) is 5.52. The second kappa shape index (κ2) is 10.3. The van der Waals surface area contributed by atoms with Crippen molar-refractivity contribution in [3.63, 3.8) is 0 Å². The Labute approximate surface area is 237 Å². The van der Waals surface area contributed by atoms with Gasteiger partial charge in [0, 0.05) is 11.6 Å². The van der Waals surface area contributed by atoms with Crippen LogP contribution in [0.25, 0.3) is 17.4 Å². The summed E-state index contributed by atoms with van der Waals surface area (Å²) in [5.41, 5.74) is 2.72. The van der Waals surface area contributed by atoms with E-state index in [-0.39, 0.29) is 30.1 Å². The number of nitrogens with zero attached hydrogens (tertiary/aromatic N) is 2. The fraction of sp³-hybridized carbons (Fsp3) is 0.200. The number of aromatic carboxylic acids is 1. The number of allylic oxidation sites excluding steroid dienone is 1. The minimum absolute atomic E-state index is 0.0928. The fourth-order valence-corrected chi connectivity index (χ4v) is 5.99. The molecule has 4 heterocycles. The number of carboxylic acid groups (broad SMARTS) is 1. The van der Waals surface area contributed by atoms with E-state index in [1.165, 1.54) is 22.0 Å². The number of rotatable bonds is 6. The number of benzene rings is 2. The number of thiazole rings is 1. The second-order valence-corrected chi connectivity index (χ2v) is 10.5. The number of aryl methyl sites for hydroxylation is 1. The van der Waals surface area contributed by atoms with Crippen LogP contribution in [0.4, 0.5) is 0 Å². The van der Waals surface area contributed by atoms with E-state index in [4.69, 9.17) is 18.6 Å². The van der Waals surface area contributed by atoms with E-state index >= 15 is 0 Å². The maximum absolute atomic E-state index is 13.9. The first-order chi connectivity index (χ1) is 19.7. The molecule has 0 bridgehead atoms. The summed E-state index contributed by atoms with van der Waals surface area (Å²) >= 11 is 1.19. The summed E-state index contributed by atoms with van der Waals surface area (Å²) < 4.78 is 24.2. The molecular weight excluding hydrogens is 548 g/mol. The third-order valence-corrected chi connectivity index (χ3v) is 7.85. The molecular formula is C30H24N2O8S. The molecule has 0 amide bonds. The molecule has 0 aliphatic carbocycles. The normalized spacial score (nSPS) is 16.0. The molecule has 0 saturated carbocycles. The molecule has 1 N–H and O–H groups in total. The van der Waals surface area contributed by atoms with Crippen molar-refractivity contribution in [3.05, 3.63) is 102 Å². The first-order valence-corrected chi connectivity index (χ1v) is 13.6. The van der Waals surface area contributed by atoms with Crippen LogP contribution in [-0.2, 0) is 9.53 Å². The van der Waals surface area contributed by atoms with E-state index in [9.17, 15) is 19.5 Å². The van der Waals surface area contributed by atoms with Gasteiger partial charge in [0.05, 0.1) is 34.0 Å². The lowest BCUT2D eigenvalue weighted by Gasteiger charge is -2.24. The Morgan fingerprint density at radius 2 is 1.93 bits per heavy atom. The summed E-state index contributed by atoms with van der Waals surface area (Å²) in [6.07, 6.45) is 1.63. The van der Waals surface area contributed by atoms with Crippen LogP contribution in [-0.4, -0.2) is 35.0 Å². The Balaban J connectivity index is 1.45. The topological polar surface area (TPSA) is 130 Å². The minimum Gasteiger partial charge on any atom is -0.478 e. The van der Waals surface area contributed by atoms with E-state index in [0.29, 0.717) is 43.6 Å². The molecule has 41 heavy (non-hydrogen) atoms. The smallest absolute Gasteiger partial charge is 0.338 e. The predicted octanol–water partition coefficient (Wildman–Crippen LogP) is 3.79. The van der Waals surface area contributed by atoms with Gasteiger partial charge in [0.2, 0.25) is 6.79 Å². The predicted molar refractivity (Wildman–Crippen MR) is 149 cm³/mol. The number of carbonyl (C=O) groups is 2. The van der Waals surface area contributed by atoms with Gasteiger partial charge in [-0.1, -0.05) is 23.5 Å². The Kier molecular flexibility index (Phi) is 6.58. The van der Waals surface area contributed by atoms with Gasteiger partial charge < -0.3 is 23.7 Å². The van der Waals surface area contributed by atoms with Crippen LogP contribution in [0.5, 0.6) is 11.5 Å². The quantitative estimate of drug-likeness (QED) is 0.346. The highest BCUT2D eigenvalue weighted by atomic mass is 32.1. The van der Waals surface area contributed by atoms with Crippen LogP contribution < -0.4 is 24.4 Å². The minimum atomic E-state index is -1.00. The number of hydrogen-bond acceptors (Lipinski definition) is 9. The number of esters is 1. The van der Waals surface area contributed by atoms with Gasteiger partial charge in [-0.25, -0.2) is 14.6 Å². The van der Waals surface area contributed by atoms with Crippen molar-refractivity contribution in [3.8, 4) is 22.8 Å². The molecule has 0 unspecified atom stereocenters. The highest BCUT2D eigenvalue weighted by molar-refractivity contribution is 7.07. The zero-order chi connectivity index (χ0) is 28.8. The average Bonchev–Trinajstić information content (AvgIpc) is 3.67. The van der Waals surface area contributed by atoms with E-state index in [2.05, 4.69) is 4.99 Å². The van der Waals surface area contributed by atoms with E-state index in [1.54, 1.807) is 62.4 Å². The molecule has 2 aromatic heterocycles. The third kappa shape index (κ3) is 4.63. The van der Waals surface area contributed by atoms with Gasteiger partial charge in [0.1, 0.15) is 11.5 Å². The van der Waals surface area contributed by atoms with Gasteiger partial charge in [-0.3, -0.25) is 9.36 Å². The largest absolute Gasteiger partial charge is 0.478 e. The third-order valence-electron chi connectivity index (χ3n) is 6.87. The van der Waals surface area contributed by atoms with Gasteiger partial charge in [-0.15, -0.1) is 0 Å². The molecule has 208 valence electrons. The molecule has 4 aromatic rings. The summed E-state index contributed by atoms with van der Waals surface area (Å²) in [5, 5.41) is 9.25. The molecule has 6 rings (SSSR count). The van der Waals surface area contributed by atoms with Gasteiger partial charge in [-0.05, 0) is 68.3 Å². The molecule has 2 aliphatic heterocycles. The molecule has 11 heteroatoms. The van der Waals surface area contributed by atoms with Gasteiger partial charge in [0.15, 0.2) is 16.3 Å². The first-order valence-electron chi connectivity index (χ1n) is 12.8. The fourth-order valence-electron chi connectivity index (χ4n) is 4.97. The Morgan fingerprint density at radius 1 is 1.12 bits per heavy atom. The molecule has 0 radical (unpaired) electrons. The van der Waals surface area contributed by atoms with E-state index in [1.807, 2.05) is 6.92 Å². The molecule has 0 saturated heterocycles. The summed E-state index contributed by atoms with van der Waals surface area (Å²) in [4.78, 5) is 43.3. The van der Waals surface area contributed by atoms with Crippen LogP contribution in [0, 0.1) is 6.92 Å². The number of carbonyl (C=O) groups excluding carboxylic acids is 1. The standard InChI is InChI=1S/C30H24N2O8S/c1-4-37-29(36)25-16(3)31-30-32(26(25)17-6-9-22-23(12-17)39-14-38-22)27(33)24(41-30)13-19-7-10-21(40-19)20-8-5-18(28(34)35)11-15(20)2/h5-13,26H,4,14H2,1-3H3,(H,34,35)/b24-13-/t26-/m1/s1. The van der Waals surface area contributed by atoms with Crippen LogP contribution >= 0.6 is 11.3 Å². The van der Waals surface area contributed by atoms with Crippen molar-refractivity contribution in [2.45, 2.75) is 26.8 Å². The Bertz CT molecular complexity index is 1940. The van der Waals surface area contributed by atoms with Gasteiger partial charge in [-0.2, -0.15) is 0 Å². The maximum Gasteiger partial charge on any atom is 0.338 e. The Morgan fingerprint density at radius 3 is 2.68 bits per heavy atom. The first kappa shape index (κ1) is 26.3. The molecule has 0 spiro atoms. The van der Waals surface area contributed by atoms with Crippen molar-refractivity contribution < 1.29 is 33.3 Å². The van der Waals surface area contributed by atoms with Crippen molar-refractivity contribution in [2.24, 2.45) is 4.99 Å². The summed E-state index contributed by atoms with van der Waals surface area (Å²) in [5.74, 6) is 0.532. The van der Waals surface area contributed by atoms with Crippen LogP contribution in [0.1, 0.15) is 47.1 Å². The number of furan rings is 1. The number of ether oxygens (including phenoxy) is 3. The van der Waals surface area contributed by atoms with Crippen LogP contribution in [0.15, 0.2) is 74.0 Å². The van der Waals surface area contributed by atoms with Crippen molar-refractivity contribution in [1.82, 2.24) is 4.57 Å². The van der Waals surface area contributed by atoms with Crippen molar-refractivity contribution in [1.29, 1.82) is 0 Å².